The highest BCUT2D eigenvalue weighted by atomic mass is 16.6. The Bertz CT molecular complexity index is 888. The van der Waals surface area contributed by atoms with Gasteiger partial charge in [0.2, 0.25) is 0 Å². The number of carbonyl (C=O) groups excluding carboxylic acids is 1. The number of nitrogens with one attached hydrogen (secondary N) is 1. The van der Waals surface area contributed by atoms with Crippen LogP contribution in [0.2, 0.25) is 0 Å². The molecule has 5 aliphatic rings. The minimum Gasteiger partial charge on any atom is -0.450 e. The summed E-state index contributed by atoms with van der Waals surface area (Å²) >= 11 is 0. The number of esters is 1. The summed E-state index contributed by atoms with van der Waals surface area (Å²) in [5.74, 6) is -0.116. The average Bonchev–Trinajstić information content (AvgIpc) is 3.36. The van der Waals surface area contributed by atoms with E-state index in [2.05, 4.69) is 40.6 Å². The second-order valence-electron chi connectivity index (χ2n) is 9.11. The van der Waals surface area contributed by atoms with Gasteiger partial charge < -0.3 is 10.1 Å². The summed E-state index contributed by atoms with van der Waals surface area (Å²) in [4.78, 5) is 14.8. The second kappa shape index (κ2) is 6.30. The van der Waals surface area contributed by atoms with Crippen LogP contribution < -0.4 is 5.32 Å². The number of benzene rings is 1. The lowest BCUT2D eigenvalue weighted by Crippen LogP contribution is -2.50. The molecule has 0 aromatic heterocycles. The van der Waals surface area contributed by atoms with E-state index in [9.17, 15) is 4.79 Å². The zero-order valence-electron chi connectivity index (χ0n) is 16.3. The van der Waals surface area contributed by atoms with Gasteiger partial charge >= 0.3 is 5.97 Å². The molecule has 0 amide bonds. The number of hydrogen-bond acceptors (Lipinski definition) is 4. The number of nitrogens with zero attached hydrogens (tertiary/aromatic N) is 1. The van der Waals surface area contributed by atoms with Gasteiger partial charge in [0.15, 0.2) is 5.60 Å². The molecule has 3 fully saturated rings. The fourth-order valence-corrected chi connectivity index (χ4v) is 6.58. The predicted octanol–water partition coefficient (Wildman–Crippen LogP) is 3.23. The first-order valence-corrected chi connectivity index (χ1v) is 10.9. The van der Waals surface area contributed by atoms with Crippen molar-refractivity contribution in [3.63, 3.8) is 0 Å². The van der Waals surface area contributed by atoms with Crippen LogP contribution in [0.4, 0.5) is 0 Å². The van der Waals surface area contributed by atoms with Crippen LogP contribution >= 0.6 is 0 Å². The van der Waals surface area contributed by atoms with Crippen LogP contribution in [0.25, 0.3) is 5.57 Å². The molecular formula is C24H28N2O2. The third-order valence-electron chi connectivity index (χ3n) is 7.78. The van der Waals surface area contributed by atoms with E-state index in [1.165, 1.54) is 35.1 Å². The van der Waals surface area contributed by atoms with Crippen LogP contribution in [0.5, 0.6) is 0 Å². The van der Waals surface area contributed by atoms with Crippen molar-refractivity contribution in [1.29, 1.82) is 0 Å². The van der Waals surface area contributed by atoms with Crippen LogP contribution in [0, 0.1) is 0 Å². The van der Waals surface area contributed by atoms with E-state index in [4.69, 9.17) is 4.74 Å². The average molecular weight is 377 g/mol. The summed E-state index contributed by atoms with van der Waals surface area (Å²) in [6.45, 7) is 2.15. The van der Waals surface area contributed by atoms with Gasteiger partial charge in [0.1, 0.15) is 0 Å². The van der Waals surface area contributed by atoms with Gasteiger partial charge in [0, 0.05) is 24.6 Å². The van der Waals surface area contributed by atoms with E-state index in [0.29, 0.717) is 18.1 Å². The zero-order chi connectivity index (χ0) is 18.7. The highest BCUT2D eigenvalue weighted by Gasteiger charge is 2.63. The first kappa shape index (κ1) is 17.0. The first-order chi connectivity index (χ1) is 13.7. The molecule has 2 aliphatic carbocycles. The van der Waals surface area contributed by atoms with Crippen LogP contribution in [0.15, 0.2) is 42.0 Å². The van der Waals surface area contributed by atoms with Gasteiger partial charge in [-0.1, -0.05) is 36.8 Å². The van der Waals surface area contributed by atoms with Crippen LogP contribution in [0.3, 0.4) is 0 Å². The monoisotopic (exact) mass is 376 g/mol. The normalized spacial score (nSPS) is 35.7. The molecule has 2 bridgehead atoms. The third kappa shape index (κ3) is 2.40. The summed E-state index contributed by atoms with van der Waals surface area (Å²) in [6.07, 6.45) is 12.0. The van der Waals surface area contributed by atoms with Gasteiger partial charge in [-0.2, -0.15) is 0 Å². The molecule has 0 radical (unpaired) electrons. The summed E-state index contributed by atoms with van der Waals surface area (Å²) in [5, 5.41) is 3.87. The van der Waals surface area contributed by atoms with Crippen molar-refractivity contribution in [3.8, 4) is 0 Å². The molecular weight excluding hydrogens is 348 g/mol. The highest BCUT2D eigenvalue weighted by molar-refractivity contribution is 5.87. The minimum atomic E-state index is -0.298. The number of carbonyl (C=O) groups is 1. The van der Waals surface area contributed by atoms with Crippen molar-refractivity contribution in [2.45, 2.75) is 68.7 Å². The Morgan fingerprint density at radius 3 is 3.14 bits per heavy atom. The molecule has 6 rings (SSSR count). The van der Waals surface area contributed by atoms with Gasteiger partial charge in [0.25, 0.3) is 0 Å². The molecule has 4 heteroatoms. The number of piperidine rings is 1. The first-order valence-electron chi connectivity index (χ1n) is 10.9. The largest absolute Gasteiger partial charge is 0.450 e. The topological polar surface area (TPSA) is 41.6 Å². The molecule has 1 aromatic carbocycles. The van der Waals surface area contributed by atoms with E-state index >= 15 is 0 Å². The lowest BCUT2D eigenvalue weighted by atomic mass is 9.75. The molecule has 146 valence electrons. The van der Waals surface area contributed by atoms with Gasteiger partial charge in [-0.3, -0.25) is 4.90 Å². The standard InChI is InChI=1S/C24H28N2O2/c27-23-14-18-13-20(21-15-24(18,28-23)22-7-3-4-12-26(21)22)25-11-10-17-9-8-16-5-1-2-6-19(16)17/h1-2,5-6,9,14,20-22,25H,3-4,7-8,10-13,15H2. The number of rotatable bonds is 4. The fourth-order valence-electron chi connectivity index (χ4n) is 6.58. The van der Waals surface area contributed by atoms with Crippen molar-refractivity contribution in [2.75, 3.05) is 13.1 Å². The SMILES string of the molecule is O=C1C=C2CC(NCCC3=CCc4ccccc43)C3CC2(O1)C1CCCCN31. The molecule has 4 unspecified atom stereocenters. The minimum absolute atomic E-state index is 0.116. The number of fused-ring (bicyclic) bond motifs is 4. The van der Waals surface area contributed by atoms with Crippen molar-refractivity contribution in [3.05, 3.63) is 53.1 Å². The van der Waals surface area contributed by atoms with Crippen LogP contribution in [0.1, 0.15) is 49.7 Å². The summed E-state index contributed by atoms with van der Waals surface area (Å²) in [5.41, 5.74) is 5.33. The Kier molecular flexibility index (Phi) is 3.82. The van der Waals surface area contributed by atoms with Crippen molar-refractivity contribution >= 4 is 11.5 Å². The Morgan fingerprint density at radius 1 is 1.25 bits per heavy atom. The third-order valence-corrected chi connectivity index (χ3v) is 7.78. The maximum atomic E-state index is 12.1. The lowest BCUT2D eigenvalue weighted by molar-refractivity contribution is -0.148. The van der Waals surface area contributed by atoms with Gasteiger partial charge in [-0.05, 0) is 67.5 Å². The van der Waals surface area contributed by atoms with E-state index < -0.39 is 0 Å². The molecule has 1 saturated carbocycles. The molecule has 4 nitrogen and oxygen atoms in total. The number of hydrogen-bond donors (Lipinski definition) is 1. The Hall–Kier alpha value is -1.91. The molecule has 2 saturated heterocycles. The maximum absolute atomic E-state index is 12.1. The van der Waals surface area contributed by atoms with E-state index in [-0.39, 0.29) is 11.6 Å². The van der Waals surface area contributed by atoms with Crippen molar-refractivity contribution in [2.24, 2.45) is 0 Å². The van der Waals surface area contributed by atoms with Crippen LogP contribution in [-0.4, -0.2) is 47.7 Å². The van der Waals surface area contributed by atoms with Crippen LogP contribution in [-0.2, 0) is 16.0 Å². The number of allylic oxidation sites excluding steroid dienone is 1. The maximum Gasteiger partial charge on any atom is 0.331 e. The molecule has 4 atom stereocenters. The number of ether oxygens (including phenoxy) is 1. The molecule has 1 aromatic rings. The van der Waals surface area contributed by atoms with E-state index in [0.717, 1.165) is 45.2 Å². The molecule has 1 N–H and O–H groups in total. The van der Waals surface area contributed by atoms with Crippen molar-refractivity contribution < 1.29 is 9.53 Å². The quantitative estimate of drug-likeness (QED) is 0.820. The van der Waals surface area contributed by atoms with Crippen molar-refractivity contribution in [1.82, 2.24) is 10.2 Å². The highest BCUT2D eigenvalue weighted by Crippen LogP contribution is 2.53. The van der Waals surface area contributed by atoms with Gasteiger partial charge in [-0.15, -0.1) is 0 Å². The Balaban J connectivity index is 1.18. The molecule has 1 spiro atoms. The second-order valence-corrected chi connectivity index (χ2v) is 9.11. The smallest absolute Gasteiger partial charge is 0.331 e. The fraction of sp³-hybridized carbons (Fsp3) is 0.542. The summed E-state index contributed by atoms with van der Waals surface area (Å²) < 4.78 is 5.98. The summed E-state index contributed by atoms with van der Waals surface area (Å²) in [6, 6.07) is 10.1. The lowest BCUT2D eigenvalue weighted by Gasteiger charge is -2.38. The Morgan fingerprint density at radius 2 is 2.18 bits per heavy atom. The molecule has 3 aliphatic heterocycles. The van der Waals surface area contributed by atoms with E-state index in [1.54, 1.807) is 6.08 Å². The van der Waals surface area contributed by atoms with E-state index in [1.807, 2.05) is 0 Å². The summed E-state index contributed by atoms with van der Waals surface area (Å²) in [7, 11) is 0. The van der Waals surface area contributed by atoms with Gasteiger partial charge in [0.05, 0.1) is 6.04 Å². The Labute approximate surface area is 166 Å². The predicted molar refractivity (Wildman–Crippen MR) is 109 cm³/mol. The zero-order valence-corrected chi connectivity index (χ0v) is 16.3. The molecule has 28 heavy (non-hydrogen) atoms. The van der Waals surface area contributed by atoms with Gasteiger partial charge in [-0.25, -0.2) is 4.79 Å². The molecule has 3 heterocycles.